The summed E-state index contributed by atoms with van der Waals surface area (Å²) in [5.41, 5.74) is -0.423. The lowest BCUT2D eigenvalue weighted by atomic mass is 10.0. The van der Waals surface area contributed by atoms with E-state index in [2.05, 4.69) is 17.6 Å². The highest BCUT2D eigenvalue weighted by Crippen LogP contribution is 2.20. The summed E-state index contributed by atoms with van der Waals surface area (Å²) in [6.45, 7) is 10.9. The van der Waals surface area contributed by atoms with Crippen molar-refractivity contribution in [1.29, 1.82) is 0 Å². The first-order valence-corrected chi connectivity index (χ1v) is 9.31. The van der Waals surface area contributed by atoms with Gasteiger partial charge in [-0.05, 0) is 72.8 Å². The number of ether oxygens (including phenoxy) is 1. The monoisotopic (exact) mass is 325 g/mol. The maximum absolute atomic E-state index is 12.4. The lowest BCUT2D eigenvalue weighted by Gasteiger charge is -2.37. The number of likely N-dealkylation sites (tertiary alicyclic amines) is 1. The molecule has 2 rings (SSSR count). The fraction of sp³-hybridized carbons (Fsp3) is 0.944. The van der Waals surface area contributed by atoms with Crippen LogP contribution in [0.15, 0.2) is 0 Å². The standard InChI is InChI=1S/C18H35N3O2/c1-14(12-15-8-7-10-19-15)20-13-16-9-5-6-11-21(16)17(22)23-18(2,3)4/h14-16,19-20H,5-13H2,1-4H3. The quantitative estimate of drug-likeness (QED) is 0.816. The molecule has 3 atom stereocenters. The summed E-state index contributed by atoms with van der Waals surface area (Å²) in [5, 5.41) is 7.19. The number of hydrogen-bond acceptors (Lipinski definition) is 4. The molecule has 0 aromatic carbocycles. The van der Waals surface area contributed by atoms with E-state index in [1.54, 1.807) is 0 Å². The van der Waals surface area contributed by atoms with Crippen molar-refractivity contribution >= 4 is 6.09 Å². The third-order valence-electron chi connectivity index (χ3n) is 4.76. The third kappa shape index (κ3) is 6.30. The summed E-state index contributed by atoms with van der Waals surface area (Å²) >= 11 is 0. The fourth-order valence-corrected chi connectivity index (χ4v) is 3.58. The first-order chi connectivity index (χ1) is 10.8. The maximum atomic E-state index is 12.4. The van der Waals surface area contributed by atoms with E-state index in [0.717, 1.165) is 32.5 Å². The van der Waals surface area contributed by atoms with Crippen LogP contribution >= 0.6 is 0 Å². The second kappa shape index (κ2) is 8.34. The summed E-state index contributed by atoms with van der Waals surface area (Å²) in [6.07, 6.45) is 6.95. The third-order valence-corrected chi connectivity index (χ3v) is 4.76. The van der Waals surface area contributed by atoms with E-state index in [-0.39, 0.29) is 12.1 Å². The van der Waals surface area contributed by atoms with E-state index in [0.29, 0.717) is 12.1 Å². The van der Waals surface area contributed by atoms with E-state index in [9.17, 15) is 4.79 Å². The zero-order valence-corrected chi connectivity index (χ0v) is 15.4. The molecule has 0 spiro atoms. The fourth-order valence-electron chi connectivity index (χ4n) is 3.58. The number of carbonyl (C=O) groups excluding carboxylic acids is 1. The highest BCUT2D eigenvalue weighted by molar-refractivity contribution is 5.68. The largest absolute Gasteiger partial charge is 0.444 e. The Morgan fingerprint density at radius 2 is 2.09 bits per heavy atom. The molecule has 0 radical (unpaired) electrons. The predicted molar refractivity (Wildman–Crippen MR) is 93.7 cm³/mol. The van der Waals surface area contributed by atoms with Crippen LogP contribution in [0.1, 0.15) is 66.2 Å². The Bertz CT molecular complexity index is 375. The molecule has 2 heterocycles. The van der Waals surface area contributed by atoms with Crippen molar-refractivity contribution < 1.29 is 9.53 Å². The van der Waals surface area contributed by atoms with Gasteiger partial charge in [-0.1, -0.05) is 0 Å². The van der Waals surface area contributed by atoms with Gasteiger partial charge in [0.25, 0.3) is 0 Å². The van der Waals surface area contributed by atoms with Crippen LogP contribution in [-0.4, -0.2) is 54.4 Å². The van der Waals surface area contributed by atoms with Gasteiger partial charge in [-0.3, -0.25) is 0 Å². The predicted octanol–water partition coefficient (Wildman–Crippen LogP) is 2.90. The average molecular weight is 325 g/mol. The zero-order chi connectivity index (χ0) is 16.9. The van der Waals surface area contributed by atoms with E-state index >= 15 is 0 Å². The number of amides is 1. The summed E-state index contributed by atoms with van der Waals surface area (Å²) in [4.78, 5) is 14.3. The highest BCUT2D eigenvalue weighted by atomic mass is 16.6. The van der Waals surface area contributed by atoms with Crippen molar-refractivity contribution in [2.75, 3.05) is 19.6 Å². The molecule has 2 saturated heterocycles. The van der Waals surface area contributed by atoms with Gasteiger partial charge in [0.15, 0.2) is 0 Å². The van der Waals surface area contributed by atoms with Gasteiger partial charge >= 0.3 is 6.09 Å². The molecular formula is C18H35N3O2. The smallest absolute Gasteiger partial charge is 0.410 e. The van der Waals surface area contributed by atoms with E-state index in [4.69, 9.17) is 4.74 Å². The summed E-state index contributed by atoms with van der Waals surface area (Å²) in [6, 6.07) is 1.40. The molecule has 5 nitrogen and oxygen atoms in total. The molecule has 5 heteroatoms. The molecule has 0 aromatic rings. The van der Waals surface area contributed by atoms with Crippen molar-refractivity contribution in [3.63, 3.8) is 0 Å². The van der Waals surface area contributed by atoms with Gasteiger partial charge in [0.1, 0.15) is 5.60 Å². The molecule has 134 valence electrons. The van der Waals surface area contributed by atoms with Crippen LogP contribution in [0.2, 0.25) is 0 Å². The molecule has 1 amide bonds. The van der Waals surface area contributed by atoms with Gasteiger partial charge in [-0.25, -0.2) is 4.79 Å². The molecule has 0 aliphatic carbocycles. The van der Waals surface area contributed by atoms with E-state index < -0.39 is 5.60 Å². The van der Waals surface area contributed by atoms with Crippen LogP contribution in [0.3, 0.4) is 0 Å². The van der Waals surface area contributed by atoms with Crippen LogP contribution in [0.4, 0.5) is 4.79 Å². The van der Waals surface area contributed by atoms with Gasteiger partial charge in [-0.2, -0.15) is 0 Å². The van der Waals surface area contributed by atoms with Crippen molar-refractivity contribution in [2.45, 2.75) is 89.9 Å². The summed E-state index contributed by atoms with van der Waals surface area (Å²) in [7, 11) is 0. The first kappa shape index (κ1) is 18.5. The Labute approximate surface area is 141 Å². The summed E-state index contributed by atoms with van der Waals surface area (Å²) < 4.78 is 5.57. The minimum absolute atomic E-state index is 0.158. The zero-order valence-electron chi connectivity index (χ0n) is 15.4. The molecule has 3 unspecified atom stereocenters. The SMILES string of the molecule is CC(CC1CCCN1)NCC1CCCCN1C(=O)OC(C)(C)C. The Morgan fingerprint density at radius 3 is 2.74 bits per heavy atom. The number of rotatable bonds is 5. The van der Waals surface area contributed by atoms with Gasteiger partial charge in [0.2, 0.25) is 0 Å². The van der Waals surface area contributed by atoms with Crippen LogP contribution in [-0.2, 0) is 4.74 Å². The maximum Gasteiger partial charge on any atom is 0.410 e. The highest BCUT2D eigenvalue weighted by Gasteiger charge is 2.30. The minimum Gasteiger partial charge on any atom is -0.444 e. The van der Waals surface area contributed by atoms with Crippen LogP contribution in [0, 0.1) is 0 Å². The van der Waals surface area contributed by atoms with Crippen LogP contribution in [0.5, 0.6) is 0 Å². The Kier molecular flexibility index (Phi) is 6.72. The Morgan fingerprint density at radius 1 is 1.30 bits per heavy atom. The molecular weight excluding hydrogens is 290 g/mol. The molecule has 2 aliphatic heterocycles. The van der Waals surface area contributed by atoms with E-state index in [1.165, 1.54) is 25.7 Å². The Balaban J connectivity index is 1.79. The topological polar surface area (TPSA) is 53.6 Å². The van der Waals surface area contributed by atoms with Crippen molar-refractivity contribution in [2.24, 2.45) is 0 Å². The van der Waals surface area contributed by atoms with Gasteiger partial charge in [0.05, 0.1) is 0 Å². The van der Waals surface area contributed by atoms with Crippen molar-refractivity contribution in [3.8, 4) is 0 Å². The number of nitrogens with zero attached hydrogens (tertiary/aromatic N) is 1. The molecule has 2 fully saturated rings. The lowest BCUT2D eigenvalue weighted by Crippen LogP contribution is -2.51. The minimum atomic E-state index is -0.423. The number of carbonyl (C=O) groups is 1. The number of nitrogens with one attached hydrogen (secondary N) is 2. The average Bonchev–Trinajstić information content (AvgIpc) is 2.96. The van der Waals surface area contributed by atoms with Gasteiger partial charge in [-0.15, -0.1) is 0 Å². The second-order valence-electron chi connectivity index (χ2n) is 8.16. The molecule has 23 heavy (non-hydrogen) atoms. The number of piperidine rings is 1. The molecule has 0 saturated carbocycles. The van der Waals surface area contributed by atoms with Crippen molar-refractivity contribution in [1.82, 2.24) is 15.5 Å². The molecule has 2 aliphatic rings. The number of hydrogen-bond donors (Lipinski definition) is 2. The molecule has 0 bridgehead atoms. The molecule has 0 aromatic heterocycles. The summed E-state index contributed by atoms with van der Waals surface area (Å²) in [5.74, 6) is 0. The van der Waals surface area contributed by atoms with Crippen LogP contribution in [0.25, 0.3) is 0 Å². The normalized spacial score (nSPS) is 27.0. The second-order valence-corrected chi connectivity index (χ2v) is 8.16. The van der Waals surface area contributed by atoms with Gasteiger partial charge < -0.3 is 20.3 Å². The van der Waals surface area contributed by atoms with E-state index in [1.807, 2.05) is 25.7 Å². The van der Waals surface area contributed by atoms with Crippen molar-refractivity contribution in [3.05, 3.63) is 0 Å². The van der Waals surface area contributed by atoms with Crippen LogP contribution < -0.4 is 10.6 Å². The van der Waals surface area contributed by atoms with Gasteiger partial charge in [0, 0.05) is 31.2 Å². The first-order valence-electron chi connectivity index (χ1n) is 9.31. The molecule has 2 N–H and O–H groups in total. The lowest BCUT2D eigenvalue weighted by molar-refractivity contribution is 0.00965. The Hall–Kier alpha value is -0.810.